The van der Waals surface area contributed by atoms with Crippen molar-refractivity contribution in [3.63, 3.8) is 0 Å². The number of nitrogens with two attached hydrogens (primary N) is 1. The summed E-state index contributed by atoms with van der Waals surface area (Å²) in [5.74, 6) is 0. The molecule has 17 heavy (non-hydrogen) atoms. The van der Waals surface area contributed by atoms with E-state index in [1.54, 1.807) is 0 Å². The van der Waals surface area contributed by atoms with Gasteiger partial charge in [-0.1, -0.05) is 20.8 Å². The lowest BCUT2D eigenvalue weighted by Gasteiger charge is -2.43. The molecule has 0 radical (unpaired) electrons. The molecular weight excluding hydrogens is 210 g/mol. The Morgan fingerprint density at radius 3 is 2.47 bits per heavy atom. The molecular formula is C14H31N3. The number of piperazine rings is 1. The lowest BCUT2D eigenvalue weighted by molar-refractivity contribution is 0.0550. The minimum absolute atomic E-state index is 0.444. The predicted molar refractivity (Wildman–Crippen MR) is 75.2 cm³/mol. The molecule has 2 atom stereocenters. The maximum atomic E-state index is 5.91. The summed E-state index contributed by atoms with van der Waals surface area (Å²) in [5.41, 5.74) is 6.35. The van der Waals surface area contributed by atoms with Crippen LogP contribution in [0.2, 0.25) is 0 Å². The van der Waals surface area contributed by atoms with Crippen molar-refractivity contribution in [2.24, 2.45) is 11.1 Å². The van der Waals surface area contributed by atoms with Crippen LogP contribution in [-0.4, -0.2) is 55.1 Å². The average Bonchev–Trinajstić information content (AvgIpc) is 2.24. The molecule has 1 aliphatic heterocycles. The van der Waals surface area contributed by atoms with Gasteiger partial charge >= 0.3 is 0 Å². The molecule has 0 saturated carbocycles. The molecule has 2 unspecified atom stereocenters. The standard InChI is InChI=1S/C14H31N3/c1-12(6-7-14(2,3)4)17-9-8-16(5)11-13(17)10-15/h12-13H,6-11,15H2,1-5H3. The zero-order valence-electron chi connectivity index (χ0n) is 12.4. The SMILES string of the molecule is CC(CCC(C)(C)C)N1CCN(C)CC1CN. The summed E-state index contributed by atoms with van der Waals surface area (Å²) in [5, 5.41) is 0. The van der Waals surface area contributed by atoms with Gasteiger partial charge in [-0.15, -0.1) is 0 Å². The molecule has 1 saturated heterocycles. The Hall–Kier alpha value is -0.120. The van der Waals surface area contributed by atoms with E-state index >= 15 is 0 Å². The normalized spacial score (nSPS) is 26.1. The Kier molecular flexibility index (Phi) is 5.42. The zero-order chi connectivity index (χ0) is 13.1. The summed E-state index contributed by atoms with van der Waals surface area (Å²) in [6.07, 6.45) is 2.57. The van der Waals surface area contributed by atoms with Gasteiger partial charge in [0.05, 0.1) is 0 Å². The van der Waals surface area contributed by atoms with Crippen LogP contribution in [0.5, 0.6) is 0 Å². The number of hydrogen-bond acceptors (Lipinski definition) is 3. The molecule has 0 aromatic rings. The average molecular weight is 241 g/mol. The second kappa shape index (κ2) is 6.17. The van der Waals surface area contributed by atoms with E-state index in [1.807, 2.05) is 0 Å². The lowest BCUT2D eigenvalue weighted by Crippen LogP contribution is -2.57. The number of hydrogen-bond donors (Lipinski definition) is 1. The Balaban J connectivity index is 2.46. The van der Waals surface area contributed by atoms with E-state index in [1.165, 1.54) is 25.9 Å². The van der Waals surface area contributed by atoms with E-state index in [2.05, 4.69) is 44.5 Å². The van der Waals surface area contributed by atoms with E-state index < -0.39 is 0 Å². The Morgan fingerprint density at radius 2 is 1.94 bits per heavy atom. The molecule has 0 bridgehead atoms. The van der Waals surface area contributed by atoms with Gasteiger partial charge in [-0.3, -0.25) is 4.90 Å². The molecule has 0 aromatic heterocycles. The van der Waals surface area contributed by atoms with Crippen LogP contribution in [0.1, 0.15) is 40.5 Å². The molecule has 0 spiro atoms. The molecule has 1 fully saturated rings. The molecule has 0 amide bonds. The highest BCUT2D eigenvalue weighted by molar-refractivity contribution is 4.85. The van der Waals surface area contributed by atoms with E-state index in [4.69, 9.17) is 5.73 Å². The van der Waals surface area contributed by atoms with Crippen molar-refractivity contribution in [3.05, 3.63) is 0 Å². The molecule has 0 aromatic carbocycles. The van der Waals surface area contributed by atoms with Crippen molar-refractivity contribution in [3.8, 4) is 0 Å². The van der Waals surface area contributed by atoms with Gasteiger partial charge in [0, 0.05) is 38.3 Å². The van der Waals surface area contributed by atoms with Crippen LogP contribution in [0.25, 0.3) is 0 Å². The topological polar surface area (TPSA) is 32.5 Å². The lowest BCUT2D eigenvalue weighted by atomic mass is 9.88. The summed E-state index contributed by atoms with van der Waals surface area (Å²) in [6.45, 7) is 13.6. The van der Waals surface area contributed by atoms with Crippen molar-refractivity contribution in [1.82, 2.24) is 9.80 Å². The number of rotatable bonds is 4. The summed E-state index contributed by atoms with van der Waals surface area (Å²) in [4.78, 5) is 5.01. The second-order valence-electron chi connectivity index (χ2n) is 6.84. The predicted octanol–water partition coefficient (Wildman–Crippen LogP) is 1.78. The van der Waals surface area contributed by atoms with Crippen molar-refractivity contribution in [2.75, 3.05) is 33.2 Å². The fraction of sp³-hybridized carbons (Fsp3) is 1.00. The van der Waals surface area contributed by atoms with Crippen LogP contribution in [0.3, 0.4) is 0 Å². The zero-order valence-corrected chi connectivity index (χ0v) is 12.4. The van der Waals surface area contributed by atoms with Crippen LogP contribution < -0.4 is 5.73 Å². The maximum Gasteiger partial charge on any atom is 0.0348 e. The van der Waals surface area contributed by atoms with Crippen LogP contribution in [0, 0.1) is 5.41 Å². The molecule has 102 valence electrons. The first-order valence-corrected chi connectivity index (χ1v) is 6.98. The second-order valence-corrected chi connectivity index (χ2v) is 6.84. The Morgan fingerprint density at radius 1 is 1.29 bits per heavy atom. The molecule has 1 heterocycles. The van der Waals surface area contributed by atoms with Crippen LogP contribution >= 0.6 is 0 Å². The minimum Gasteiger partial charge on any atom is -0.329 e. The fourth-order valence-electron chi connectivity index (χ4n) is 2.62. The van der Waals surface area contributed by atoms with Crippen molar-refractivity contribution in [2.45, 2.75) is 52.6 Å². The van der Waals surface area contributed by atoms with Crippen molar-refractivity contribution >= 4 is 0 Å². The third kappa shape index (κ3) is 4.94. The smallest absolute Gasteiger partial charge is 0.0348 e. The van der Waals surface area contributed by atoms with Gasteiger partial charge in [0.15, 0.2) is 0 Å². The van der Waals surface area contributed by atoms with E-state index in [-0.39, 0.29) is 0 Å². The van der Waals surface area contributed by atoms with Gasteiger partial charge in [0.1, 0.15) is 0 Å². The third-order valence-electron chi connectivity index (χ3n) is 3.88. The summed E-state index contributed by atoms with van der Waals surface area (Å²) in [7, 11) is 2.19. The monoisotopic (exact) mass is 241 g/mol. The Bertz CT molecular complexity index is 222. The molecule has 1 rings (SSSR count). The largest absolute Gasteiger partial charge is 0.329 e. The first-order chi connectivity index (χ1) is 7.83. The van der Waals surface area contributed by atoms with Crippen LogP contribution in [0.4, 0.5) is 0 Å². The van der Waals surface area contributed by atoms with Crippen LogP contribution in [-0.2, 0) is 0 Å². The third-order valence-corrected chi connectivity index (χ3v) is 3.88. The van der Waals surface area contributed by atoms with E-state index in [9.17, 15) is 0 Å². The number of nitrogens with zero attached hydrogens (tertiary/aromatic N) is 2. The summed E-state index contributed by atoms with van der Waals surface area (Å²) in [6, 6.07) is 1.21. The first kappa shape index (κ1) is 14.9. The molecule has 2 N–H and O–H groups in total. The van der Waals surface area contributed by atoms with Gasteiger partial charge in [-0.25, -0.2) is 0 Å². The Labute approximate surface area is 107 Å². The van der Waals surface area contributed by atoms with E-state index in [0.717, 1.165) is 13.1 Å². The van der Waals surface area contributed by atoms with Gasteiger partial charge in [-0.05, 0) is 32.2 Å². The highest BCUT2D eigenvalue weighted by Crippen LogP contribution is 2.24. The fourth-order valence-corrected chi connectivity index (χ4v) is 2.62. The maximum absolute atomic E-state index is 5.91. The molecule has 0 aliphatic carbocycles. The minimum atomic E-state index is 0.444. The number of likely N-dealkylation sites (N-methyl/N-ethyl adjacent to an activating group) is 1. The van der Waals surface area contributed by atoms with E-state index in [0.29, 0.717) is 17.5 Å². The van der Waals surface area contributed by atoms with Crippen LogP contribution in [0.15, 0.2) is 0 Å². The van der Waals surface area contributed by atoms with Gasteiger partial charge < -0.3 is 10.6 Å². The van der Waals surface area contributed by atoms with Crippen molar-refractivity contribution in [1.29, 1.82) is 0 Å². The first-order valence-electron chi connectivity index (χ1n) is 6.98. The molecule has 1 aliphatic rings. The van der Waals surface area contributed by atoms with Crippen molar-refractivity contribution < 1.29 is 0 Å². The highest BCUT2D eigenvalue weighted by Gasteiger charge is 2.28. The molecule has 3 heteroatoms. The summed E-state index contributed by atoms with van der Waals surface area (Å²) < 4.78 is 0. The highest BCUT2D eigenvalue weighted by atomic mass is 15.3. The molecule has 3 nitrogen and oxygen atoms in total. The quantitative estimate of drug-likeness (QED) is 0.814. The van der Waals surface area contributed by atoms with Gasteiger partial charge in [0.2, 0.25) is 0 Å². The van der Waals surface area contributed by atoms with Gasteiger partial charge in [0.25, 0.3) is 0 Å². The van der Waals surface area contributed by atoms with Gasteiger partial charge in [-0.2, -0.15) is 0 Å². The summed E-state index contributed by atoms with van der Waals surface area (Å²) >= 11 is 0.